The molecule has 0 saturated carbocycles. The largest absolute Gasteiger partial charge is 0.503 e. The number of fused-ring (bicyclic) bond motifs is 10. The molecule has 18 nitrogen and oxygen atoms in total. The highest BCUT2D eigenvalue weighted by molar-refractivity contribution is 6.00. The first-order valence-corrected chi connectivity index (χ1v) is 20.2. The molecule has 64 heavy (non-hydrogen) atoms. The van der Waals surface area contributed by atoms with E-state index in [1.54, 1.807) is 0 Å². The molecular formula is C42H38F4N6O12. The van der Waals surface area contributed by atoms with Gasteiger partial charge in [-0.25, -0.2) is 17.6 Å². The fraction of sp³-hybridized carbons (Fsp3) is 0.381. The summed E-state index contributed by atoms with van der Waals surface area (Å²) in [5.74, 6) is -7.77. The van der Waals surface area contributed by atoms with Crippen LogP contribution in [0.15, 0.2) is 58.4 Å². The van der Waals surface area contributed by atoms with Crippen LogP contribution in [-0.2, 0) is 45.1 Å². The predicted molar refractivity (Wildman–Crippen MR) is 208 cm³/mol. The number of amides is 4. The summed E-state index contributed by atoms with van der Waals surface area (Å²) >= 11 is 0. The smallest absolute Gasteiger partial charge is 0.276 e. The molecular weight excluding hydrogens is 856 g/mol. The van der Waals surface area contributed by atoms with E-state index in [2.05, 4.69) is 10.6 Å². The first kappa shape index (κ1) is 42.7. The number of halogens is 4. The van der Waals surface area contributed by atoms with Gasteiger partial charge in [-0.1, -0.05) is 12.1 Å². The molecule has 0 unspecified atom stereocenters. The Hall–Kier alpha value is -6.62. The van der Waals surface area contributed by atoms with Gasteiger partial charge in [-0.05, 0) is 25.0 Å². The number of carbonyl (C=O) groups excluding carboxylic acids is 4. The van der Waals surface area contributed by atoms with Gasteiger partial charge in [0.1, 0.15) is 34.4 Å². The summed E-state index contributed by atoms with van der Waals surface area (Å²) in [6.45, 7) is 1.17. The van der Waals surface area contributed by atoms with Crippen molar-refractivity contribution in [3.8, 4) is 11.5 Å². The highest BCUT2D eigenvalue weighted by atomic mass is 19.1. The molecule has 6 aliphatic rings. The summed E-state index contributed by atoms with van der Waals surface area (Å²) in [6, 6.07) is 5.37. The standard InChI is InChI=1S/2C21H19F2N3O6/c2*22-11-2-1-10(15(23)3-11)5-24-20(29)14-6-25-7-16-26(12-4-13(32-16)9-31-8-12)21(30)17(25)19(28)18(14)27/h2*1-3,6,12-13,16,28H,4-5,7-9H2,(H,24,29)/t2*12-,13+,16-/m10/s1. The molecule has 4 bridgehead atoms. The van der Waals surface area contributed by atoms with Gasteiger partial charge in [0.25, 0.3) is 23.6 Å². The first-order valence-electron chi connectivity index (χ1n) is 20.2. The quantitative estimate of drug-likeness (QED) is 0.202. The number of ether oxygens (including phenoxy) is 4. The lowest BCUT2D eigenvalue weighted by Gasteiger charge is -2.49. The van der Waals surface area contributed by atoms with Gasteiger partial charge >= 0.3 is 0 Å². The van der Waals surface area contributed by atoms with Crippen LogP contribution in [0.2, 0.25) is 0 Å². The number of hydrogen-bond acceptors (Lipinski definition) is 12. The number of pyridine rings is 2. The number of aromatic hydroxyl groups is 2. The Morgan fingerprint density at radius 2 is 1.03 bits per heavy atom. The third-order valence-corrected chi connectivity index (χ3v) is 11.9. The zero-order valence-corrected chi connectivity index (χ0v) is 33.4. The van der Waals surface area contributed by atoms with Crippen LogP contribution in [0.3, 0.4) is 0 Å². The van der Waals surface area contributed by atoms with Crippen molar-refractivity contribution in [1.29, 1.82) is 0 Å². The molecule has 2 aromatic carbocycles. The lowest BCUT2D eigenvalue weighted by molar-refractivity contribution is -0.206. The Morgan fingerprint density at radius 1 is 0.625 bits per heavy atom. The van der Waals surface area contributed by atoms with Crippen LogP contribution in [0, 0.1) is 23.3 Å². The van der Waals surface area contributed by atoms with E-state index in [1.165, 1.54) is 43.5 Å². The maximum absolute atomic E-state index is 13.8. The summed E-state index contributed by atoms with van der Waals surface area (Å²) in [5.41, 5.74) is -3.25. The van der Waals surface area contributed by atoms with Gasteiger partial charge < -0.3 is 58.7 Å². The average molecular weight is 895 g/mol. The maximum Gasteiger partial charge on any atom is 0.276 e. The second kappa shape index (κ2) is 16.8. The molecule has 6 aliphatic heterocycles. The van der Waals surface area contributed by atoms with Crippen molar-refractivity contribution in [3.63, 3.8) is 0 Å². The van der Waals surface area contributed by atoms with E-state index in [9.17, 15) is 56.5 Å². The monoisotopic (exact) mass is 894 g/mol. The molecule has 0 aliphatic carbocycles. The van der Waals surface area contributed by atoms with E-state index in [4.69, 9.17) is 18.9 Å². The molecule has 336 valence electrons. The molecule has 0 radical (unpaired) electrons. The molecule has 4 aromatic rings. The Balaban J connectivity index is 0.000000162. The lowest BCUT2D eigenvalue weighted by atomic mass is 10.0. The van der Waals surface area contributed by atoms with Crippen molar-refractivity contribution in [2.45, 2.75) is 75.8 Å². The van der Waals surface area contributed by atoms with E-state index in [0.29, 0.717) is 51.4 Å². The maximum atomic E-state index is 13.8. The van der Waals surface area contributed by atoms with E-state index >= 15 is 0 Å². The summed E-state index contributed by atoms with van der Waals surface area (Å²) in [6.07, 6.45) is 2.03. The number of hydrogen-bond donors (Lipinski definition) is 4. The molecule has 4 saturated heterocycles. The SMILES string of the molecule is O=C(NCc1ccc(F)cc1F)c1cn2c(c(O)c1=O)C(=O)N1[C@@H]3COC[C@@H](C3)O[C@H]1C2.O=C(NCc1ccc(F)cc1F)c1cn2c(c(O)c1=O)C(=O)N1[C@H]3COC[C@H](C3)O[C@@H]1C2. The van der Waals surface area contributed by atoms with Crippen LogP contribution >= 0.6 is 0 Å². The number of aromatic nitrogens is 2. The fourth-order valence-corrected chi connectivity index (χ4v) is 8.84. The summed E-state index contributed by atoms with van der Waals surface area (Å²) in [4.78, 5) is 79.6. The minimum Gasteiger partial charge on any atom is -0.503 e. The van der Waals surface area contributed by atoms with Gasteiger partial charge in [0, 0.05) is 48.7 Å². The number of nitrogens with zero attached hydrogens (tertiary/aromatic N) is 4. The second-order valence-corrected chi connectivity index (χ2v) is 16.0. The Kier molecular flexibility index (Phi) is 11.2. The van der Waals surface area contributed by atoms with Crippen LogP contribution in [-0.4, -0.2) is 116 Å². The van der Waals surface area contributed by atoms with Crippen molar-refractivity contribution in [1.82, 2.24) is 29.6 Å². The number of rotatable bonds is 6. The highest BCUT2D eigenvalue weighted by Crippen LogP contribution is 2.35. The minimum absolute atomic E-state index is 0.0252. The van der Waals surface area contributed by atoms with Crippen LogP contribution < -0.4 is 21.5 Å². The highest BCUT2D eigenvalue weighted by Gasteiger charge is 2.48. The van der Waals surface area contributed by atoms with Crippen molar-refractivity contribution < 1.29 is 65.9 Å². The van der Waals surface area contributed by atoms with Crippen LogP contribution in [0.1, 0.15) is 65.7 Å². The molecule has 6 atom stereocenters. The molecule has 10 rings (SSSR count). The van der Waals surface area contributed by atoms with Crippen LogP contribution in [0.4, 0.5) is 17.6 Å². The second-order valence-electron chi connectivity index (χ2n) is 16.0. The van der Waals surface area contributed by atoms with E-state index in [-0.39, 0.29) is 73.0 Å². The minimum atomic E-state index is -1.02. The molecule has 4 N–H and O–H groups in total. The molecule has 8 heterocycles. The fourth-order valence-electron chi connectivity index (χ4n) is 8.84. The number of carbonyl (C=O) groups is 4. The predicted octanol–water partition coefficient (Wildman–Crippen LogP) is 1.46. The average Bonchev–Trinajstić information content (AvgIpc) is 3.25. The molecule has 0 spiro atoms. The van der Waals surface area contributed by atoms with E-state index in [0.717, 1.165) is 12.1 Å². The van der Waals surface area contributed by atoms with Crippen molar-refractivity contribution >= 4 is 23.6 Å². The van der Waals surface area contributed by atoms with Crippen LogP contribution in [0.25, 0.3) is 0 Å². The van der Waals surface area contributed by atoms with Gasteiger partial charge in [0.2, 0.25) is 10.9 Å². The van der Waals surface area contributed by atoms with Gasteiger partial charge in [-0.15, -0.1) is 0 Å². The molecule has 4 fully saturated rings. The van der Waals surface area contributed by atoms with Crippen LogP contribution in [0.5, 0.6) is 11.5 Å². The van der Waals surface area contributed by atoms with Crippen molar-refractivity contribution in [2.75, 3.05) is 26.4 Å². The van der Waals surface area contributed by atoms with Gasteiger partial charge in [-0.3, -0.25) is 28.8 Å². The van der Waals surface area contributed by atoms with Crippen molar-refractivity contribution in [3.05, 3.63) is 126 Å². The molecule has 2 aromatic heterocycles. The number of benzene rings is 2. The van der Waals surface area contributed by atoms with E-state index < -0.39 is 92.8 Å². The first-order chi connectivity index (χ1) is 30.7. The van der Waals surface area contributed by atoms with Gasteiger partial charge in [0.05, 0.1) is 63.8 Å². The third kappa shape index (κ3) is 7.75. The third-order valence-electron chi connectivity index (χ3n) is 11.9. The molecule has 4 amide bonds. The zero-order chi connectivity index (χ0) is 45.1. The Morgan fingerprint density at radius 3 is 1.42 bits per heavy atom. The summed E-state index contributed by atoms with van der Waals surface area (Å²) in [7, 11) is 0. The van der Waals surface area contributed by atoms with Gasteiger partial charge in [0.15, 0.2) is 35.3 Å². The van der Waals surface area contributed by atoms with E-state index in [1.807, 2.05) is 0 Å². The van der Waals surface area contributed by atoms with Gasteiger partial charge in [-0.2, -0.15) is 0 Å². The summed E-state index contributed by atoms with van der Waals surface area (Å²) < 4.78 is 79.1. The number of nitrogens with one attached hydrogen (secondary N) is 2. The molecule has 22 heteroatoms. The zero-order valence-electron chi connectivity index (χ0n) is 33.4. The Bertz CT molecular complexity index is 2550. The topological polar surface area (TPSA) is 220 Å². The Labute approximate surface area is 358 Å². The lowest BCUT2D eigenvalue weighted by Crippen LogP contribution is -2.63. The normalized spacial score (nSPS) is 24.0. The van der Waals surface area contributed by atoms with Crippen molar-refractivity contribution in [2.24, 2.45) is 0 Å². The summed E-state index contributed by atoms with van der Waals surface area (Å²) in [5, 5.41) is 25.7.